The topological polar surface area (TPSA) is 80.7 Å². The number of allylic oxidation sites excluding steroid dienone is 1. The summed E-state index contributed by atoms with van der Waals surface area (Å²) >= 11 is 0. The van der Waals surface area contributed by atoms with Crippen LogP contribution in [0.2, 0.25) is 0 Å². The molecule has 0 radical (unpaired) electrons. The number of aliphatic hydroxyl groups is 1. The van der Waals surface area contributed by atoms with Crippen molar-refractivity contribution in [2.24, 2.45) is 11.3 Å². The van der Waals surface area contributed by atoms with Crippen molar-refractivity contribution in [3.63, 3.8) is 0 Å². The summed E-state index contributed by atoms with van der Waals surface area (Å²) in [5.74, 6) is -2.49. The Labute approximate surface area is 92.1 Å². The average Bonchev–Trinajstić information content (AvgIpc) is 2.45. The second-order valence-corrected chi connectivity index (χ2v) is 4.23. The van der Waals surface area contributed by atoms with E-state index in [1.807, 2.05) is 0 Å². The van der Waals surface area contributed by atoms with Gasteiger partial charge in [-0.25, -0.2) is 0 Å². The highest BCUT2D eigenvalue weighted by atomic mass is 16.6. The van der Waals surface area contributed by atoms with Gasteiger partial charge in [-0.2, -0.15) is 0 Å². The summed E-state index contributed by atoms with van der Waals surface area (Å²) in [6.07, 6.45) is 0.137. The molecule has 1 aliphatic heterocycles. The molecule has 1 spiro atoms. The minimum Gasteiger partial charge on any atom is -0.454 e. The molecule has 1 heterocycles. The molecule has 2 aliphatic rings. The Morgan fingerprint density at radius 1 is 1.31 bits per heavy atom. The highest BCUT2D eigenvalue weighted by Gasteiger charge is 2.65. The molecule has 0 amide bonds. The van der Waals surface area contributed by atoms with Crippen molar-refractivity contribution in [2.45, 2.75) is 26.1 Å². The van der Waals surface area contributed by atoms with Crippen LogP contribution in [-0.4, -0.2) is 34.9 Å². The van der Waals surface area contributed by atoms with Gasteiger partial charge in [0.2, 0.25) is 0 Å². The number of carbonyl (C=O) groups excluding carboxylic acids is 3. The molecular formula is C11H12O5. The lowest BCUT2D eigenvalue weighted by atomic mass is 9.65. The molecule has 86 valence electrons. The van der Waals surface area contributed by atoms with Gasteiger partial charge in [-0.1, -0.05) is 13.0 Å². The highest BCUT2D eigenvalue weighted by Crippen LogP contribution is 2.44. The average molecular weight is 224 g/mol. The van der Waals surface area contributed by atoms with Crippen molar-refractivity contribution < 1.29 is 24.2 Å². The maximum Gasteiger partial charge on any atom is 0.324 e. The highest BCUT2D eigenvalue weighted by molar-refractivity contribution is 6.17. The van der Waals surface area contributed by atoms with E-state index in [0.29, 0.717) is 0 Å². The van der Waals surface area contributed by atoms with Crippen molar-refractivity contribution in [1.82, 2.24) is 0 Å². The number of hydrogen-bond donors (Lipinski definition) is 1. The summed E-state index contributed by atoms with van der Waals surface area (Å²) in [5.41, 5.74) is -1.73. The third kappa shape index (κ3) is 1.06. The number of rotatable bonds is 0. The molecule has 1 fully saturated rings. The first kappa shape index (κ1) is 11.0. The number of aliphatic hydroxyl groups excluding tert-OH is 1. The van der Waals surface area contributed by atoms with Gasteiger partial charge in [0.1, 0.15) is 6.10 Å². The lowest BCUT2D eigenvalue weighted by molar-refractivity contribution is -0.161. The van der Waals surface area contributed by atoms with E-state index in [-0.39, 0.29) is 0 Å². The van der Waals surface area contributed by atoms with Crippen LogP contribution < -0.4 is 0 Å². The van der Waals surface area contributed by atoms with E-state index in [1.54, 1.807) is 6.92 Å². The Morgan fingerprint density at radius 3 is 2.44 bits per heavy atom. The number of ether oxygens (including phenoxy) is 1. The Balaban J connectivity index is 2.59. The zero-order valence-electron chi connectivity index (χ0n) is 8.97. The summed E-state index contributed by atoms with van der Waals surface area (Å²) in [5, 5.41) is 9.83. The quantitative estimate of drug-likeness (QED) is 0.448. The van der Waals surface area contributed by atoms with E-state index >= 15 is 0 Å². The van der Waals surface area contributed by atoms with Gasteiger partial charge in [-0.15, -0.1) is 0 Å². The van der Waals surface area contributed by atoms with Crippen molar-refractivity contribution in [1.29, 1.82) is 0 Å². The third-order valence-corrected chi connectivity index (χ3v) is 3.37. The Hall–Kier alpha value is -1.49. The maximum absolute atomic E-state index is 12.0. The summed E-state index contributed by atoms with van der Waals surface area (Å²) in [4.78, 5) is 35.1. The summed E-state index contributed by atoms with van der Waals surface area (Å²) < 4.78 is 4.82. The molecule has 0 bridgehead atoms. The molecule has 0 aromatic carbocycles. The van der Waals surface area contributed by atoms with Crippen LogP contribution in [0.15, 0.2) is 12.2 Å². The Kier molecular flexibility index (Phi) is 2.24. The molecule has 4 atom stereocenters. The summed E-state index contributed by atoms with van der Waals surface area (Å²) in [6, 6.07) is 0. The molecular weight excluding hydrogens is 212 g/mol. The number of carbonyl (C=O) groups is 3. The van der Waals surface area contributed by atoms with Crippen LogP contribution in [0.25, 0.3) is 0 Å². The molecule has 1 aliphatic carbocycles. The number of Topliss-reactive ketones (excluding diaryl/α,β-unsaturated/α-hetero) is 1. The molecule has 0 aromatic heterocycles. The van der Waals surface area contributed by atoms with Crippen LogP contribution in [0, 0.1) is 11.3 Å². The lowest BCUT2D eigenvalue weighted by Crippen LogP contribution is -2.54. The van der Waals surface area contributed by atoms with Gasteiger partial charge in [-0.3, -0.25) is 14.4 Å². The maximum atomic E-state index is 12.0. The monoisotopic (exact) mass is 224 g/mol. The van der Waals surface area contributed by atoms with Gasteiger partial charge in [0, 0.05) is 5.92 Å². The van der Waals surface area contributed by atoms with E-state index in [2.05, 4.69) is 0 Å². The molecule has 2 rings (SSSR count). The first-order chi connectivity index (χ1) is 7.42. The van der Waals surface area contributed by atoms with Crippen LogP contribution >= 0.6 is 0 Å². The van der Waals surface area contributed by atoms with Gasteiger partial charge in [0.25, 0.3) is 0 Å². The summed E-state index contributed by atoms with van der Waals surface area (Å²) in [6.45, 7) is 3.06. The standard InChI is InChI=1S/C11H12O5/c1-5-3-4-7(12)9(14)11(5)8(13)6(2)16-10(11)15/h3-6,9,14H,1-2H3/t5-,6-,9+,11-/m1/s1. The smallest absolute Gasteiger partial charge is 0.324 e. The van der Waals surface area contributed by atoms with Gasteiger partial charge in [0.05, 0.1) is 0 Å². The van der Waals surface area contributed by atoms with E-state index < -0.39 is 41.1 Å². The number of hydrogen-bond acceptors (Lipinski definition) is 5. The van der Waals surface area contributed by atoms with Crippen molar-refractivity contribution >= 4 is 17.5 Å². The van der Waals surface area contributed by atoms with Gasteiger partial charge < -0.3 is 9.84 Å². The molecule has 16 heavy (non-hydrogen) atoms. The number of cyclic esters (lactones) is 1. The zero-order valence-corrected chi connectivity index (χ0v) is 8.97. The molecule has 0 unspecified atom stereocenters. The first-order valence-electron chi connectivity index (χ1n) is 5.08. The minimum atomic E-state index is -1.73. The van der Waals surface area contributed by atoms with E-state index in [4.69, 9.17) is 4.74 Å². The van der Waals surface area contributed by atoms with Crippen LogP contribution in [0.5, 0.6) is 0 Å². The van der Waals surface area contributed by atoms with Gasteiger partial charge in [0.15, 0.2) is 23.1 Å². The number of esters is 1. The predicted molar refractivity (Wildman–Crippen MR) is 52.3 cm³/mol. The number of ketones is 2. The molecule has 5 nitrogen and oxygen atoms in total. The predicted octanol–water partition coefficient (Wildman–Crippen LogP) is -0.377. The summed E-state index contributed by atoms with van der Waals surface area (Å²) in [7, 11) is 0. The molecule has 0 saturated carbocycles. The molecule has 1 saturated heterocycles. The lowest BCUT2D eigenvalue weighted by Gasteiger charge is -2.34. The van der Waals surface area contributed by atoms with E-state index in [9.17, 15) is 19.5 Å². The zero-order chi connectivity index (χ0) is 12.1. The Bertz CT molecular complexity index is 411. The second-order valence-electron chi connectivity index (χ2n) is 4.23. The Morgan fingerprint density at radius 2 is 1.94 bits per heavy atom. The van der Waals surface area contributed by atoms with Crippen LogP contribution in [0.4, 0.5) is 0 Å². The van der Waals surface area contributed by atoms with Crippen LogP contribution in [0.1, 0.15) is 13.8 Å². The molecule has 1 N–H and O–H groups in total. The van der Waals surface area contributed by atoms with Crippen molar-refractivity contribution in [2.75, 3.05) is 0 Å². The normalized spacial score (nSPS) is 42.9. The molecule has 5 heteroatoms. The molecule has 0 aromatic rings. The van der Waals surface area contributed by atoms with E-state index in [0.717, 1.165) is 0 Å². The van der Waals surface area contributed by atoms with Crippen LogP contribution in [-0.2, 0) is 19.1 Å². The van der Waals surface area contributed by atoms with Crippen molar-refractivity contribution in [3.05, 3.63) is 12.2 Å². The van der Waals surface area contributed by atoms with Gasteiger partial charge >= 0.3 is 5.97 Å². The fourth-order valence-corrected chi connectivity index (χ4v) is 2.36. The minimum absolute atomic E-state index is 0.518. The second kappa shape index (κ2) is 3.25. The van der Waals surface area contributed by atoms with Crippen molar-refractivity contribution in [3.8, 4) is 0 Å². The van der Waals surface area contributed by atoms with Crippen LogP contribution in [0.3, 0.4) is 0 Å². The fourth-order valence-electron chi connectivity index (χ4n) is 2.36. The first-order valence-corrected chi connectivity index (χ1v) is 5.08. The third-order valence-electron chi connectivity index (χ3n) is 3.37. The van der Waals surface area contributed by atoms with Gasteiger partial charge in [-0.05, 0) is 13.0 Å². The fraction of sp³-hybridized carbons (Fsp3) is 0.545. The van der Waals surface area contributed by atoms with E-state index in [1.165, 1.54) is 19.1 Å². The SMILES string of the molecule is C[C@@H]1C=CC(=O)[C@H](O)[C@@]12C(=O)O[C@H](C)C2=O. The largest absolute Gasteiger partial charge is 0.454 e.